The summed E-state index contributed by atoms with van der Waals surface area (Å²) in [7, 11) is 1.60. The van der Waals surface area contributed by atoms with Gasteiger partial charge < -0.3 is 20.3 Å². The summed E-state index contributed by atoms with van der Waals surface area (Å²) in [6.07, 6.45) is -2.51. The van der Waals surface area contributed by atoms with Crippen molar-refractivity contribution in [1.29, 1.82) is 0 Å². The molecule has 3 aromatic rings. The molecule has 1 aliphatic heterocycles. The zero-order valence-corrected chi connectivity index (χ0v) is 19.3. The van der Waals surface area contributed by atoms with Crippen molar-refractivity contribution in [2.45, 2.75) is 25.6 Å². The highest BCUT2D eigenvalue weighted by Crippen LogP contribution is 2.39. The number of fused-ring (bicyclic) bond motifs is 3. The fourth-order valence-corrected chi connectivity index (χ4v) is 3.98. The number of halogens is 3. The van der Waals surface area contributed by atoms with Gasteiger partial charge in [0.25, 0.3) is 11.8 Å². The number of ether oxygens (including phenoxy) is 1. The minimum absolute atomic E-state index is 0.394. The summed E-state index contributed by atoms with van der Waals surface area (Å²) < 4.78 is 45.9. The van der Waals surface area contributed by atoms with Crippen LogP contribution in [-0.4, -0.2) is 31.1 Å². The molecular formula is C26H22F3N3O4. The smallest absolute Gasteiger partial charge is 0.408 e. The Bertz CT molecular complexity index is 1350. The van der Waals surface area contributed by atoms with Gasteiger partial charge in [0.2, 0.25) is 0 Å². The van der Waals surface area contributed by atoms with Crippen molar-refractivity contribution in [3.05, 3.63) is 89.2 Å². The second-order valence-corrected chi connectivity index (χ2v) is 8.17. The van der Waals surface area contributed by atoms with Gasteiger partial charge in [-0.3, -0.25) is 9.59 Å². The van der Waals surface area contributed by atoms with E-state index in [-0.39, 0.29) is 0 Å². The third-order valence-corrected chi connectivity index (χ3v) is 5.89. The number of hydrogen-bond acceptors (Lipinski definition) is 4. The van der Waals surface area contributed by atoms with Crippen LogP contribution in [0.1, 0.15) is 24.1 Å². The predicted molar refractivity (Wildman–Crippen MR) is 125 cm³/mol. The maximum atomic E-state index is 13.8. The molecular weight excluding hydrogens is 475 g/mol. The van der Waals surface area contributed by atoms with Crippen LogP contribution in [-0.2, 0) is 20.9 Å². The molecule has 0 fully saturated rings. The van der Waals surface area contributed by atoms with Gasteiger partial charge >= 0.3 is 6.09 Å². The number of amides is 3. The molecule has 2 N–H and O–H groups in total. The first-order valence-electron chi connectivity index (χ1n) is 11.0. The second-order valence-electron chi connectivity index (χ2n) is 8.17. The lowest BCUT2D eigenvalue weighted by molar-refractivity contribution is -0.132. The van der Waals surface area contributed by atoms with Crippen molar-refractivity contribution in [3.63, 3.8) is 0 Å². The van der Waals surface area contributed by atoms with Crippen LogP contribution in [0.2, 0.25) is 0 Å². The summed E-state index contributed by atoms with van der Waals surface area (Å²) in [4.78, 5) is 39.7. The SMILES string of the molecule is CC(OC(=O)NCc1c(F)ccc(F)c1F)C(=O)N[C@@H]1C(=O)N(C)c2ccccc2-c2ccccc21. The van der Waals surface area contributed by atoms with Gasteiger partial charge in [0, 0.05) is 18.2 Å². The van der Waals surface area contributed by atoms with Crippen molar-refractivity contribution in [2.24, 2.45) is 0 Å². The molecule has 1 aliphatic rings. The van der Waals surface area contributed by atoms with Crippen molar-refractivity contribution in [2.75, 3.05) is 11.9 Å². The molecule has 186 valence electrons. The van der Waals surface area contributed by atoms with E-state index in [0.29, 0.717) is 17.3 Å². The molecule has 0 spiro atoms. The Hall–Kier alpha value is -4.34. The van der Waals surface area contributed by atoms with Crippen molar-refractivity contribution >= 4 is 23.6 Å². The minimum Gasteiger partial charge on any atom is -0.436 e. The van der Waals surface area contributed by atoms with E-state index in [0.717, 1.165) is 17.2 Å². The summed E-state index contributed by atoms with van der Waals surface area (Å²) in [5.41, 5.74) is 2.14. The predicted octanol–water partition coefficient (Wildman–Crippen LogP) is 4.22. The number of nitrogens with one attached hydrogen (secondary N) is 2. The Morgan fingerprint density at radius 1 is 0.972 bits per heavy atom. The Morgan fingerprint density at radius 2 is 1.61 bits per heavy atom. The number of alkyl carbamates (subject to hydrolysis) is 1. The van der Waals surface area contributed by atoms with Crippen LogP contribution in [0.4, 0.5) is 23.7 Å². The van der Waals surface area contributed by atoms with Gasteiger partial charge in [-0.15, -0.1) is 0 Å². The number of para-hydroxylation sites is 1. The number of carbonyl (C=O) groups excluding carboxylic acids is 3. The van der Waals surface area contributed by atoms with Gasteiger partial charge in [-0.05, 0) is 36.2 Å². The van der Waals surface area contributed by atoms with Gasteiger partial charge in [-0.2, -0.15) is 0 Å². The number of likely N-dealkylation sites (N-methyl/N-ethyl adjacent to an activating group) is 1. The number of nitrogens with zero attached hydrogens (tertiary/aromatic N) is 1. The van der Waals surface area contributed by atoms with E-state index >= 15 is 0 Å². The summed E-state index contributed by atoms with van der Waals surface area (Å²) >= 11 is 0. The van der Waals surface area contributed by atoms with E-state index < -0.39 is 59.6 Å². The highest BCUT2D eigenvalue weighted by atomic mass is 19.2. The third kappa shape index (κ3) is 4.74. The molecule has 0 radical (unpaired) electrons. The molecule has 3 amide bonds. The fraction of sp³-hybridized carbons (Fsp3) is 0.192. The Labute approximate surface area is 204 Å². The van der Waals surface area contributed by atoms with E-state index in [1.807, 2.05) is 24.3 Å². The zero-order chi connectivity index (χ0) is 26.0. The van der Waals surface area contributed by atoms with Crippen molar-refractivity contribution < 1.29 is 32.3 Å². The molecule has 0 aliphatic carbocycles. The molecule has 1 unspecified atom stereocenters. The maximum absolute atomic E-state index is 13.8. The van der Waals surface area contributed by atoms with Crippen LogP contribution in [0.15, 0.2) is 60.7 Å². The van der Waals surface area contributed by atoms with Crippen LogP contribution >= 0.6 is 0 Å². The monoisotopic (exact) mass is 497 g/mol. The number of rotatable bonds is 5. The van der Waals surface area contributed by atoms with E-state index in [2.05, 4.69) is 10.6 Å². The van der Waals surface area contributed by atoms with Crippen molar-refractivity contribution in [1.82, 2.24) is 10.6 Å². The largest absolute Gasteiger partial charge is 0.436 e. The molecule has 4 rings (SSSR count). The van der Waals surface area contributed by atoms with Crippen LogP contribution in [0.5, 0.6) is 0 Å². The van der Waals surface area contributed by atoms with Gasteiger partial charge in [0.05, 0.1) is 12.2 Å². The van der Waals surface area contributed by atoms with Gasteiger partial charge in [0.15, 0.2) is 17.7 Å². The lowest BCUT2D eigenvalue weighted by atomic mass is 9.95. The lowest BCUT2D eigenvalue weighted by Gasteiger charge is -2.24. The fourth-order valence-electron chi connectivity index (χ4n) is 3.98. The van der Waals surface area contributed by atoms with E-state index in [1.165, 1.54) is 11.8 Å². The number of benzene rings is 3. The maximum Gasteiger partial charge on any atom is 0.408 e. The molecule has 0 saturated carbocycles. The van der Waals surface area contributed by atoms with Gasteiger partial charge in [-0.1, -0.05) is 42.5 Å². The Morgan fingerprint density at radius 3 is 2.36 bits per heavy atom. The average molecular weight is 497 g/mol. The lowest BCUT2D eigenvalue weighted by Crippen LogP contribution is -2.45. The third-order valence-electron chi connectivity index (χ3n) is 5.89. The standard InChI is InChI=1S/C26H22F3N3O4/c1-14(36-26(35)30-13-18-19(27)11-12-20(28)22(18)29)24(33)31-23-17-9-4-3-7-15(17)16-8-5-6-10-21(16)32(2)25(23)34/h3-12,14,23H,13H2,1-2H3,(H,30,35)(H,31,33)/t14?,23-/m0/s1. The number of anilines is 1. The Balaban J connectivity index is 1.47. The first kappa shape index (κ1) is 24.8. The summed E-state index contributed by atoms with van der Waals surface area (Å²) in [6.45, 7) is 0.587. The Kier molecular flexibility index (Phi) is 6.96. The summed E-state index contributed by atoms with van der Waals surface area (Å²) in [5, 5.41) is 4.72. The highest BCUT2D eigenvalue weighted by Gasteiger charge is 2.34. The van der Waals surface area contributed by atoms with E-state index in [1.54, 1.807) is 31.3 Å². The second kappa shape index (κ2) is 10.1. The number of hydrogen-bond donors (Lipinski definition) is 2. The molecule has 3 aromatic carbocycles. The quantitative estimate of drug-likeness (QED) is 0.517. The summed E-state index contributed by atoms with van der Waals surface area (Å²) in [5.74, 6) is -4.91. The van der Waals surface area contributed by atoms with Crippen LogP contribution < -0.4 is 15.5 Å². The highest BCUT2D eigenvalue weighted by molar-refractivity contribution is 6.06. The normalized spacial score (nSPS) is 15.3. The van der Waals surface area contributed by atoms with Crippen LogP contribution in [0.25, 0.3) is 11.1 Å². The molecule has 2 atom stereocenters. The zero-order valence-electron chi connectivity index (χ0n) is 19.3. The topological polar surface area (TPSA) is 87.7 Å². The first-order chi connectivity index (χ1) is 17.2. The van der Waals surface area contributed by atoms with E-state index in [4.69, 9.17) is 4.74 Å². The molecule has 1 heterocycles. The molecule has 0 aromatic heterocycles. The van der Waals surface area contributed by atoms with Crippen molar-refractivity contribution in [3.8, 4) is 11.1 Å². The molecule has 10 heteroatoms. The van der Waals surface area contributed by atoms with E-state index in [9.17, 15) is 27.6 Å². The van der Waals surface area contributed by atoms with Crippen LogP contribution in [0, 0.1) is 17.5 Å². The molecule has 0 bridgehead atoms. The van der Waals surface area contributed by atoms with Crippen LogP contribution in [0.3, 0.4) is 0 Å². The molecule has 0 saturated heterocycles. The molecule has 7 nitrogen and oxygen atoms in total. The van der Waals surface area contributed by atoms with Gasteiger partial charge in [0.1, 0.15) is 11.9 Å². The first-order valence-corrected chi connectivity index (χ1v) is 11.0. The average Bonchev–Trinajstić information content (AvgIpc) is 2.96. The number of carbonyl (C=O) groups is 3. The summed E-state index contributed by atoms with van der Waals surface area (Å²) in [6, 6.07) is 14.8. The minimum atomic E-state index is -1.43. The van der Waals surface area contributed by atoms with Gasteiger partial charge in [-0.25, -0.2) is 18.0 Å². The molecule has 36 heavy (non-hydrogen) atoms.